The summed E-state index contributed by atoms with van der Waals surface area (Å²) in [5.74, 6) is 0.322. The molecule has 0 spiro atoms. The quantitative estimate of drug-likeness (QED) is 0.655. The molecular formula is C6H8BaOSb. The predicted octanol–water partition coefficient (Wildman–Crippen LogP) is 0.0952. The molecule has 0 saturated heterocycles. The van der Waals surface area contributed by atoms with Crippen LogP contribution >= 0.6 is 0 Å². The Labute approximate surface area is 112 Å². The van der Waals surface area contributed by atoms with Crippen molar-refractivity contribution in [1.29, 1.82) is 0 Å². The van der Waals surface area contributed by atoms with Gasteiger partial charge in [-0.3, -0.25) is 0 Å². The number of hydrogen-bond acceptors (Lipinski definition) is 1. The van der Waals surface area contributed by atoms with Crippen LogP contribution in [0.15, 0.2) is 30.3 Å². The number of phenolic OH excluding ortho intramolecular Hbond substituents is 1. The van der Waals surface area contributed by atoms with Gasteiger partial charge in [0.25, 0.3) is 0 Å². The van der Waals surface area contributed by atoms with Gasteiger partial charge in [0.15, 0.2) is 0 Å². The summed E-state index contributed by atoms with van der Waals surface area (Å²) >= 11 is 0. The molecule has 0 saturated carbocycles. The van der Waals surface area contributed by atoms with Gasteiger partial charge in [0, 0.05) is 24.4 Å². The van der Waals surface area contributed by atoms with Crippen LogP contribution in [0.4, 0.5) is 0 Å². The maximum Gasteiger partial charge on any atom is 0 e. The Bertz CT molecular complexity index is 143. The van der Waals surface area contributed by atoms with Crippen molar-refractivity contribution in [3.05, 3.63) is 30.3 Å². The van der Waals surface area contributed by atoms with Crippen molar-refractivity contribution in [2.75, 3.05) is 0 Å². The molecule has 0 aromatic heterocycles. The van der Waals surface area contributed by atoms with Crippen LogP contribution in [0.5, 0.6) is 5.75 Å². The van der Waals surface area contributed by atoms with E-state index in [0.29, 0.717) is 5.75 Å². The molecular weight excluding hydrogens is 347 g/mol. The Morgan fingerprint density at radius 3 is 1.67 bits per heavy atom. The van der Waals surface area contributed by atoms with Gasteiger partial charge in [-0.2, -0.15) is 0 Å². The van der Waals surface area contributed by atoms with Crippen molar-refractivity contribution in [1.82, 2.24) is 0 Å². The summed E-state index contributed by atoms with van der Waals surface area (Å²) in [5, 5.41) is 8.63. The molecule has 3 radical (unpaired) electrons. The van der Waals surface area contributed by atoms with E-state index in [1.54, 1.807) is 24.3 Å². The molecule has 0 aliphatic carbocycles. The third kappa shape index (κ3) is 5.83. The van der Waals surface area contributed by atoms with Crippen molar-refractivity contribution in [2.45, 2.75) is 0 Å². The number of rotatable bonds is 0. The van der Waals surface area contributed by atoms with E-state index >= 15 is 0 Å². The standard InChI is InChI=1S/C6H6O.Ba.Sb.2H/c7-6-4-2-1-3-5-6;;;;/h1-5,7H;;;;. The fourth-order valence-corrected chi connectivity index (χ4v) is 0.428. The van der Waals surface area contributed by atoms with Gasteiger partial charge in [0.2, 0.25) is 0 Å². The Hall–Kier alpha value is 1.41. The van der Waals surface area contributed by atoms with Crippen LogP contribution in [0.2, 0.25) is 0 Å². The zero-order valence-electron chi connectivity index (χ0n) is 4.28. The molecule has 45 valence electrons. The molecule has 1 aromatic rings. The van der Waals surface area contributed by atoms with Crippen molar-refractivity contribution in [2.24, 2.45) is 0 Å². The van der Waals surface area contributed by atoms with Crippen LogP contribution in [0.3, 0.4) is 0 Å². The molecule has 1 nitrogen and oxygen atoms in total. The fraction of sp³-hybridized carbons (Fsp3) is 0. The normalized spacial score (nSPS) is 6.67. The summed E-state index contributed by atoms with van der Waals surface area (Å²) in [6.45, 7) is 0. The number of benzene rings is 1. The van der Waals surface area contributed by atoms with Gasteiger partial charge >= 0.3 is 48.9 Å². The summed E-state index contributed by atoms with van der Waals surface area (Å²) in [6, 6.07) is 8.71. The molecule has 0 amide bonds. The smallest absolute Gasteiger partial charge is 0 e. The van der Waals surface area contributed by atoms with Crippen LogP contribution in [-0.4, -0.2) is 78.4 Å². The van der Waals surface area contributed by atoms with Gasteiger partial charge in [-0.15, -0.1) is 0 Å². The molecule has 0 unspecified atom stereocenters. The zero-order valence-corrected chi connectivity index (χ0v) is 6.83. The van der Waals surface area contributed by atoms with E-state index in [2.05, 4.69) is 0 Å². The van der Waals surface area contributed by atoms with Gasteiger partial charge in [-0.05, 0) is 12.1 Å². The monoisotopic (exact) mass is 355 g/mol. The first-order valence-electron chi connectivity index (χ1n) is 2.13. The first-order chi connectivity index (χ1) is 3.39. The van der Waals surface area contributed by atoms with Crippen molar-refractivity contribution in [3.8, 4) is 5.75 Å². The van der Waals surface area contributed by atoms with E-state index in [1.165, 1.54) is 0 Å². The van der Waals surface area contributed by atoms with E-state index in [-0.39, 0.29) is 73.3 Å². The fourth-order valence-electron chi connectivity index (χ4n) is 0.428. The summed E-state index contributed by atoms with van der Waals surface area (Å²) < 4.78 is 0. The van der Waals surface area contributed by atoms with Gasteiger partial charge < -0.3 is 5.11 Å². The molecule has 9 heavy (non-hydrogen) atoms. The average molecular weight is 355 g/mol. The Kier molecular flexibility index (Phi) is 10.9. The third-order valence-corrected chi connectivity index (χ3v) is 0.756. The molecule has 0 fully saturated rings. The Balaban J connectivity index is 0. The third-order valence-electron chi connectivity index (χ3n) is 0.756. The van der Waals surface area contributed by atoms with Crippen molar-refractivity contribution in [3.63, 3.8) is 0 Å². The Morgan fingerprint density at radius 2 is 1.44 bits per heavy atom. The molecule has 0 aliphatic heterocycles. The first-order valence-corrected chi connectivity index (χ1v) is 2.13. The predicted molar refractivity (Wildman–Crippen MR) is 42.4 cm³/mol. The molecule has 0 bridgehead atoms. The summed E-state index contributed by atoms with van der Waals surface area (Å²) in [4.78, 5) is 0. The zero-order chi connectivity index (χ0) is 5.11. The van der Waals surface area contributed by atoms with Gasteiger partial charge in [0.1, 0.15) is 5.75 Å². The molecule has 0 atom stereocenters. The van der Waals surface area contributed by atoms with Crippen LogP contribution < -0.4 is 0 Å². The molecule has 0 aliphatic rings. The molecule has 1 rings (SSSR count). The summed E-state index contributed by atoms with van der Waals surface area (Å²) in [6.07, 6.45) is 0. The van der Waals surface area contributed by atoms with Gasteiger partial charge in [0.05, 0.1) is 0 Å². The van der Waals surface area contributed by atoms with Crippen LogP contribution in [0.1, 0.15) is 0 Å². The minimum Gasteiger partial charge on any atom is 0 e. The number of hydrogen-bond donors (Lipinski definition) is 1. The second-order valence-electron chi connectivity index (χ2n) is 1.34. The van der Waals surface area contributed by atoms with E-state index in [9.17, 15) is 0 Å². The SMILES string of the molecule is Oc1ccccc1.[BaH2].[Sb]. The molecule has 0 heterocycles. The summed E-state index contributed by atoms with van der Waals surface area (Å²) in [5.41, 5.74) is 0. The van der Waals surface area contributed by atoms with Crippen LogP contribution in [0.25, 0.3) is 0 Å². The van der Waals surface area contributed by atoms with Crippen LogP contribution in [-0.2, 0) is 0 Å². The maximum absolute atomic E-state index is 8.63. The van der Waals surface area contributed by atoms with Crippen molar-refractivity contribution >= 4 is 73.3 Å². The summed E-state index contributed by atoms with van der Waals surface area (Å²) in [7, 11) is 0. The molecule has 1 N–H and O–H groups in total. The number of para-hydroxylation sites is 1. The first kappa shape index (κ1) is 13.0. The average Bonchev–Trinajstić information content (AvgIpc) is 1.69. The minimum atomic E-state index is 0. The minimum absolute atomic E-state index is 0. The second kappa shape index (κ2) is 7.52. The number of phenols is 1. The van der Waals surface area contributed by atoms with E-state index in [0.717, 1.165) is 0 Å². The number of aromatic hydroxyl groups is 1. The van der Waals surface area contributed by atoms with Crippen molar-refractivity contribution < 1.29 is 5.11 Å². The van der Waals surface area contributed by atoms with E-state index in [4.69, 9.17) is 5.11 Å². The van der Waals surface area contributed by atoms with Crippen LogP contribution in [0, 0.1) is 0 Å². The maximum atomic E-state index is 8.63. The molecule has 3 heteroatoms. The van der Waals surface area contributed by atoms with Gasteiger partial charge in [-0.1, -0.05) is 18.2 Å². The largest absolute Gasteiger partial charge is 0 e. The second-order valence-corrected chi connectivity index (χ2v) is 1.34. The topological polar surface area (TPSA) is 20.2 Å². The Morgan fingerprint density at radius 1 is 1.00 bits per heavy atom. The molecule has 1 aromatic carbocycles. The van der Waals surface area contributed by atoms with E-state index in [1.807, 2.05) is 6.07 Å². The van der Waals surface area contributed by atoms with Gasteiger partial charge in [-0.25, -0.2) is 0 Å². The van der Waals surface area contributed by atoms with E-state index < -0.39 is 0 Å².